The Balaban J connectivity index is 2.06. The van der Waals surface area contributed by atoms with E-state index >= 15 is 0 Å². The van der Waals surface area contributed by atoms with E-state index in [4.69, 9.17) is 17.3 Å². The Morgan fingerprint density at radius 3 is 3.00 bits per heavy atom. The number of anilines is 1. The van der Waals surface area contributed by atoms with Gasteiger partial charge < -0.3 is 10.6 Å². The highest BCUT2D eigenvalue weighted by atomic mass is 35.5. The molecule has 1 fully saturated rings. The average molecular weight is 212 g/mol. The molecular weight excluding hydrogens is 198 g/mol. The van der Waals surface area contributed by atoms with Crippen LogP contribution in [-0.2, 0) is 0 Å². The maximum atomic E-state index is 5.77. The van der Waals surface area contributed by atoms with Crippen molar-refractivity contribution in [1.82, 2.24) is 4.98 Å². The normalized spacial score (nSPS) is 21.6. The predicted molar refractivity (Wildman–Crippen MR) is 58.6 cm³/mol. The first kappa shape index (κ1) is 9.74. The highest BCUT2D eigenvalue weighted by Gasteiger charge is 2.21. The third-order valence-electron chi connectivity index (χ3n) is 2.65. The second-order valence-corrected chi connectivity index (χ2v) is 4.11. The minimum absolute atomic E-state index is 0.618. The molecule has 0 radical (unpaired) electrons. The van der Waals surface area contributed by atoms with Gasteiger partial charge in [-0.15, -0.1) is 0 Å². The minimum Gasteiger partial charge on any atom is -0.356 e. The van der Waals surface area contributed by atoms with Gasteiger partial charge in [0.2, 0.25) is 0 Å². The predicted octanol–water partition coefficient (Wildman–Crippen LogP) is 1.52. The van der Waals surface area contributed by atoms with Gasteiger partial charge in [0.1, 0.15) is 5.82 Å². The fourth-order valence-corrected chi connectivity index (χ4v) is 1.90. The first-order valence-corrected chi connectivity index (χ1v) is 5.24. The second kappa shape index (κ2) is 4.15. The number of nitrogens with zero attached hydrogens (tertiary/aromatic N) is 2. The number of halogens is 1. The van der Waals surface area contributed by atoms with Crippen LogP contribution in [0.1, 0.15) is 6.42 Å². The Morgan fingerprint density at radius 2 is 2.43 bits per heavy atom. The summed E-state index contributed by atoms with van der Waals surface area (Å²) in [5.41, 5.74) is 5.63. The molecule has 4 heteroatoms. The molecule has 2 heterocycles. The Bertz CT molecular complexity index is 299. The van der Waals surface area contributed by atoms with E-state index in [0.29, 0.717) is 10.9 Å². The molecule has 0 bridgehead atoms. The molecular formula is C10H14ClN3. The number of aromatic nitrogens is 1. The van der Waals surface area contributed by atoms with Crippen molar-refractivity contribution in [3.05, 3.63) is 23.4 Å². The maximum absolute atomic E-state index is 5.77. The van der Waals surface area contributed by atoms with E-state index in [1.54, 1.807) is 6.20 Å². The van der Waals surface area contributed by atoms with Gasteiger partial charge in [0.15, 0.2) is 0 Å². The summed E-state index contributed by atoms with van der Waals surface area (Å²) in [6, 6.07) is 3.83. The van der Waals surface area contributed by atoms with Crippen LogP contribution < -0.4 is 10.6 Å². The second-order valence-electron chi connectivity index (χ2n) is 3.67. The standard InChI is InChI=1S/C10H14ClN3/c11-9-1-2-10(13-6-9)14-4-3-8(5-12)7-14/h1-2,6,8H,3-5,7,12H2. The van der Waals surface area contributed by atoms with E-state index in [0.717, 1.165) is 25.5 Å². The molecule has 0 aliphatic carbocycles. The van der Waals surface area contributed by atoms with Gasteiger partial charge in [-0.25, -0.2) is 4.98 Å². The Kier molecular flexibility index (Phi) is 2.89. The lowest BCUT2D eigenvalue weighted by atomic mass is 10.1. The van der Waals surface area contributed by atoms with Crippen LogP contribution in [0, 0.1) is 5.92 Å². The van der Waals surface area contributed by atoms with Gasteiger partial charge in [-0.2, -0.15) is 0 Å². The molecule has 3 nitrogen and oxygen atoms in total. The average Bonchev–Trinajstić information content (AvgIpc) is 2.67. The lowest BCUT2D eigenvalue weighted by molar-refractivity contribution is 0.602. The maximum Gasteiger partial charge on any atom is 0.128 e. The van der Waals surface area contributed by atoms with Crippen molar-refractivity contribution in [3.63, 3.8) is 0 Å². The molecule has 2 N–H and O–H groups in total. The van der Waals surface area contributed by atoms with Crippen molar-refractivity contribution in [2.45, 2.75) is 6.42 Å². The molecule has 1 aromatic heterocycles. The summed E-state index contributed by atoms with van der Waals surface area (Å²) in [4.78, 5) is 6.54. The summed E-state index contributed by atoms with van der Waals surface area (Å²) in [5.74, 6) is 1.62. The molecule has 0 amide bonds. The summed E-state index contributed by atoms with van der Waals surface area (Å²) >= 11 is 5.77. The summed E-state index contributed by atoms with van der Waals surface area (Å²) < 4.78 is 0. The summed E-state index contributed by atoms with van der Waals surface area (Å²) in [6.45, 7) is 2.84. The van der Waals surface area contributed by atoms with Gasteiger partial charge in [-0.3, -0.25) is 0 Å². The van der Waals surface area contributed by atoms with Crippen molar-refractivity contribution >= 4 is 17.4 Å². The van der Waals surface area contributed by atoms with Crippen molar-refractivity contribution in [2.24, 2.45) is 11.7 Å². The van der Waals surface area contributed by atoms with E-state index in [9.17, 15) is 0 Å². The van der Waals surface area contributed by atoms with Crippen LogP contribution in [-0.4, -0.2) is 24.6 Å². The van der Waals surface area contributed by atoms with E-state index in [1.165, 1.54) is 6.42 Å². The lowest BCUT2D eigenvalue weighted by Gasteiger charge is -2.16. The topological polar surface area (TPSA) is 42.1 Å². The minimum atomic E-state index is 0.618. The van der Waals surface area contributed by atoms with E-state index in [-0.39, 0.29) is 0 Å². The van der Waals surface area contributed by atoms with Crippen LogP contribution in [0.3, 0.4) is 0 Å². The molecule has 76 valence electrons. The molecule has 1 aromatic rings. The number of nitrogens with two attached hydrogens (primary N) is 1. The zero-order valence-electron chi connectivity index (χ0n) is 7.99. The van der Waals surface area contributed by atoms with Crippen LogP contribution in [0.25, 0.3) is 0 Å². The first-order chi connectivity index (χ1) is 6.79. The van der Waals surface area contributed by atoms with Crippen molar-refractivity contribution < 1.29 is 0 Å². The van der Waals surface area contributed by atoms with Crippen molar-refractivity contribution in [3.8, 4) is 0 Å². The van der Waals surface area contributed by atoms with Gasteiger partial charge in [-0.1, -0.05) is 11.6 Å². The van der Waals surface area contributed by atoms with Crippen LogP contribution in [0.2, 0.25) is 5.02 Å². The molecule has 1 aliphatic heterocycles. The number of pyridine rings is 1. The van der Waals surface area contributed by atoms with Crippen LogP contribution in [0.15, 0.2) is 18.3 Å². The number of hydrogen-bond donors (Lipinski definition) is 1. The van der Waals surface area contributed by atoms with Gasteiger partial charge >= 0.3 is 0 Å². The monoisotopic (exact) mass is 211 g/mol. The fraction of sp³-hybridized carbons (Fsp3) is 0.500. The molecule has 0 spiro atoms. The van der Waals surface area contributed by atoms with Crippen LogP contribution in [0.5, 0.6) is 0 Å². The summed E-state index contributed by atoms with van der Waals surface area (Å²) in [6.07, 6.45) is 2.85. The van der Waals surface area contributed by atoms with Gasteiger partial charge in [0, 0.05) is 19.3 Å². The number of rotatable bonds is 2. The highest BCUT2D eigenvalue weighted by molar-refractivity contribution is 6.30. The lowest BCUT2D eigenvalue weighted by Crippen LogP contribution is -2.23. The first-order valence-electron chi connectivity index (χ1n) is 4.86. The quantitative estimate of drug-likeness (QED) is 0.807. The SMILES string of the molecule is NCC1CCN(c2ccc(Cl)cn2)C1. The Hall–Kier alpha value is -0.800. The molecule has 2 rings (SSSR count). The number of hydrogen-bond acceptors (Lipinski definition) is 3. The Morgan fingerprint density at radius 1 is 1.57 bits per heavy atom. The molecule has 14 heavy (non-hydrogen) atoms. The largest absolute Gasteiger partial charge is 0.356 e. The van der Waals surface area contributed by atoms with Gasteiger partial charge in [0.25, 0.3) is 0 Å². The van der Waals surface area contributed by atoms with E-state index < -0.39 is 0 Å². The molecule has 0 aromatic carbocycles. The fourth-order valence-electron chi connectivity index (χ4n) is 1.79. The molecule has 0 saturated carbocycles. The van der Waals surface area contributed by atoms with Crippen LogP contribution in [0.4, 0.5) is 5.82 Å². The zero-order valence-corrected chi connectivity index (χ0v) is 8.74. The summed E-state index contributed by atoms with van der Waals surface area (Å²) in [7, 11) is 0. The van der Waals surface area contributed by atoms with Gasteiger partial charge in [-0.05, 0) is 31.0 Å². The smallest absolute Gasteiger partial charge is 0.128 e. The van der Waals surface area contributed by atoms with Crippen LogP contribution >= 0.6 is 11.6 Å². The van der Waals surface area contributed by atoms with Gasteiger partial charge in [0.05, 0.1) is 5.02 Å². The molecule has 1 unspecified atom stereocenters. The molecule has 1 atom stereocenters. The third-order valence-corrected chi connectivity index (χ3v) is 2.88. The van der Waals surface area contributed by atoms with Crippen molar-refractivity contribution in [1.29, 1.82) is 0 Å². The summed E-state index contributed by atoms with van der Waals surface area (Å²) in [5, 5.41) is 0.684. The molecule has 1 aliphatic rings. The van der Waals surface area contributed by atoms with E-state index in [2.05, 4.69) is 9.88 Å². The van der Waals surface area contributed by atoms with E-state index in [1.807, 2.05) is 12.1 Å². The van der Waals surface area contributed by atoms with Crippen molar-refractivity contribution in [2.75, 3.05) is 24.5 Å². The zero-order chi connectivity index (χ0) is 9.97. The molecule has 1 saturated heterocycles. The Labute approximate surface area is 88.9 Å². The highest BCUT2D eigenvalue weighted by Crippen LogP contribution is 2.22. The third kappa shape index (κ3) is 1.99.